The van der Waals surface area contributed by atoms with Crippen LogP contribution in [0.1, 0.15) is 41.0 Å². The first kappa shape index (κ1) is 15.9. The van der Waals surface area contributed by atoms with Crippen molar-refractivity contribution in [2.45, 2.75) is 41.0 Å². The smallest absolute Gasteiger partial charge is 0.345 e. The molecule has 4 nitrogen and oxygen atoms in total. The molecule has 0 atom stereocenters. The molecule has 0 unspecified atom stereocenters. The first-order chi connectivity index (χ1) is 8.14. The molecule has 0 aliphatic rings. The molecule has 0 aromatic carbocycles. The summed E-state index contributed by atoms with van der Waals surface area (Å²) in [5.41, 5.74) is 0. The van der Waals surface area contributed by atoms with Crippen LogP contribution in [0.2, 0.25) is 0 Å². The zero-order valence-electron chi connectivity index (χ0n) is 12.0. The van der Waals surface area contributed by atoms with Crippen molar-refractivity contribution < 1.29 is 14.1 Å². The summed E-state index contributed by atoms with van der Waals surface area (Å²) in [4.78, 5) is 13.9. The molecule has 0 aliphatic heterocycles. The van der Waals surface area contributed by atoms with Crippen LogP contribution in [0, 0.1) is 0 Å². The molecular weight excluding hydrogens is 216 g/mol. The lowest BCUT2D eigenvalue weighted by Gasteiger charge is -2.18. The minimum atomic E-state index is 0.144. The van der Waals surface area contributed by atoms with Gasteiger partial charge in [-0.05, 0) is 34.6 Å². The van der Waals surface area contributed by atoms with Crippen LogP contribution < -0.4 is 0 Å². The molecule has 100 valence electrons. The van der Waals surface area contributed by atoms with E-state index in [4.69, 9.17) is 4.74 Å². The molecule has 0 saturated carbocycles. The second kappa shape index (κ2) is 9.02. The zero-order chi connectivity index (χ0) is 13.3. The van der Waals surface area contributed by atoms with Gasteiger partial charge >= 0.3 is 5.90 Å². The van der Waals surface area contributed by atoms with Gasteiger partial charge in [-0.1, -0.05) is 0 Å². The van der Waals surface area contributed by atoms with E-state index < -0.39 is 0 Å². The van der Waals surface area contributed by atoms with E-state index in [2.05, 4.69) is 18.4 Å². The molecule has 4 heteroatoms. The van der Waals surface area contributed by atoms with E-state index in [1.807, 2.05) is 25.7 Å². The van der Waals surface area contributed by atoms with E-state index in [1.165, 1.54) is 0 Å². The zero-order valence-corrected chi connectivity index (χ0v) is 12.0. The molecule has 0 saturated heterocycles. The van der Waals surface area contributed by atoms with Crippen LogP contribution in [0.5, 0.6) is 0 Å². The third-order valence-electron chi connectivity index (χ3n) is 2.85. The molecule has 0 aliphatic carbocycles. The van der Waals surface area contributed by atoms with Crippen LogP contribution in [-0.4, -0.2) is 54.1 Å². The summed E-state index contributed by atoms with van der Waals surface area (Å²) in [6, 6.07) is 0. The van der Waals surface area contributed by atoms with Crippen LogP contribution in [-0.2, 0) is 9.53 Å². The second-order valence-electron chi connectivity index (χ2n) is 3.74. The lowest BCUT2D eigenvalue weighted by molar-refractivity contribution is -0.530. The van der Waals surface area contributed by atoms with Gasteiger partial charge in [0.2, 0.25) is 5.91 Å². The fourth-order valence-electron chi connectivity index (χ4n) is 1.81. The molecular formula is C13H27N2O2+. The van der Waals surface area contributed by atoms with Crippen LogP contribution in [0.3, 0.4) is 0 Å². The molecule has 0 fully saturated rings. The average molecular weight is 243 g/mol. The van der Waals surface area contributed by atoms with E-state index in [1.54, 1.807) is 0 Å². The third-order valence-corrected chi connectivity index (χ3v) is 2.85. The monoisotopic (exact) mass is 243 g/mol. The van der Waals surface area contributed by atoms with Crippen molar-refractivity contribution in [2.24, 2.45) is 0 Å². The number of hydrogen-bond acceptors (Lipinski definition) is 2. The highest BCUT2D eigenvalue weighted by Crippen LogP contribution is 1.99. The summed E-state index contributed by atoms with van der Waals surface area (Å²) in [5.74, 6) is 0.944. The minimum absolute atomic E-state index is 0.144. The highest BCUT2D eigenvalue weighted by Gasteiger charge is 2.21. The Kier molecular flexibility index (Phi) is 8.46. The Morgan fingerprint density at radius 3 is 1.94 bits per heavy atom. The highest BCUT2D eigenvalue weighted by molar-refractivity contribution is 5.94. The maximum Gasteiger partial charge on any atom is 0.345 e. The average Bonchev–Trinajstić information content (AvgIpc) is 2.32. The summed E-state index contributed by atoms with van der Waals surface area (Å²) < 4.78 is 7.69. The summed E-state index contributed by atoms with van der Waals surface area (Å²) in [7, 11) is 0. The van der Waals surface area contributed by atoms with E-state index in [-0.39, 0.29) is 5.91 Å². The number of amides is 1. The van der Waals surface area contributed by atoms with E-state index in [9.17, 15) is 4.79 Å². The van der Waals surface area contributed by atoms with Gasteiger partial charge in [0, 0.05) is 13.1 Å². The van der Waals surface area contributed by atoms with E-state index >= 15 is 0 Å². The number of carbonyl (C=O) groups is 1. The predicted octanol–water partition coefficient (Wildman–Crippen LogP) is 1.73. The molecule has 0 aromatic heterocycles. The molecule has 0 N–H and O–H groups in total. The van der Waals surface area contributed by atoms with Crippen molar-refractivity contribution in [2.75, 3.05) is 32.8 Å². The predicted molar refractivity (Wildman–Crippen MR) is 70.5 cm³/mol. The van der Waals surface area contributed by atoms with Gasteiger partial charge in [0.15, 0.2) is 0 Å². The van der Waals surface area contributed by atoms with Crippen molar-refractivity contribution in [1.82, 2.24) is 4.90 Å². The fraction of sp³-hybridized carbons (Fsp3) is 0.846. The van der Waals surface area contributed by atoms with Crippen molar-refractivity contribution in [1.29, 1.82) is 0 Å². The molecule has 0 radical (unpaired) electrons. The summed E-state index contributed by atoms with van der Waals surface area (Å²) in [6.45, 7) is 14.0. The Bertz CT molecular complexity index is 252. The van der Waals surface area contributed by atoms with E-state index in [0.717, 1.165) is 32.1 Å². The molecule has 0 rings (SSSR count). The third kappa shape index (κ3) is 5.20. The van der Waals surface area contributed by atoms with Gasteiger partial charge in [0.25, 0.3) is 0 Å². The maximum absolute atomic E-state index is 12.0. The van der Waals surface area contributed by atoms with Crippen molar-refractivity contribution in [3.05, 3.63) is 0 Å². The van der Waals surface area contributed by atoms with Gasteiger partial charge in [-0.25, -0.2) is 4.58 Å². The van der Waals surface area contributed by atoms with Crippen LogP contribution in [0.25, 0.3) is 0 Å². The Balaban J connectivity index is 4.75. The van der Waals surface area contributed by atoms with Crippen molar-refractivity contribution in [3.63, 3.8) is 0 Å². The second-order valence-corrected chi connectivity index (χ2v) is 3.74. The van der Waals surface area contributed by atoms with Crippen LogP contribution in [0.4, 0.5) is 0 Å². The molecule has 0 bridgehead atoms. The standard InChI is InChI=1S/C13H27N2O2/c1-6-14(7-2)12(16)11-13(17-10-5)15(8-3)9-4/h6-11H2,1-5H3/q+1. The van der Waals surface area contributed by atoms with E-state index in [0.29, 0.717) is 13.0 Å². The SMILES string of the molecule is CCOC(CC(=O)N(CC)CC)=[N+](CC)CC. The highest BCUT2D eigenvalue weighted by atomic mass is 16.5. The van der Waals surface area contributed by atoms with Crippen LogP contribution >= 0.6 is 0 Å². The van der Waals surface area contributed by atoms with Gasteiger partial charge in [0.1, 0.15) is 19.5 Å². The summed E-state index contributed by atoms with van der Waals surface area (Å²) in [6.07, 6.45) is 0.372. The quantitative estimate of drug-likeness (QED) is 0.387. The first-order valence-electron chi connectivity index (χ1n) is 6.65. The van der Waals surface area contributed by atoms with Crippen molar-refractivity contribution in [3.8, 4) is 0 Å². The normalized spacial score (nSPS) is 9.94. The number of hydrogen-bond donors (Lipinski definition) is 0. The number of carbonyl (C=O) groups excluding carboxylic acids is 1. The fourth-order valence-corrected chi connectivity index (χ4v) is 1.81. The Hall–Kier alpha value is -1.06. The topological polar surface area (TPSA) is 32.5 Å². The lowest BCUT2D eigenvalue weighted by Crippen LogP contribution is -2.35. The Morgan fingerprint density at radius 2 is 1.59 bits per heavy atom. The molecule has 0 heterocycles. The van der Waals surface area contributed by atoms with Crippen molar-refractivity contribution >= 4 is 11.8 Å². The van der Waals surface area contributed by atoms with Gasteiger partial charge in [-0.15, -0.1) is 0 Å². The van der Waals surface area contributed by atoms with Gasteiger partial charge in [-0.2, -0.15) is 0 Å². The first-order valence-corrected chi connectivity index (χ1v) is 6.65. The summed E-state index contributed by atoms with van der Waals surface area (Å²) in [5, 5.41) is 0. The number of ether oxygens (including phenoxy) is 1. The summed E-state index contributed by atoms with van der Waals surface area (Å²) >= 11 is 0. The molecule has 1 amide bonds. The molecule has 17 heavy (non-hydrogen) atoms. The molecule has 0 spiro atoms. The Labute approximate surface area is 105 Å². The number of nitrogens with zero attached hydrogens (tertiary/aromatic N) is 2. The van der Waals surface area contributed by atoms with Gasteiger partial charge < -0.3 is 9.64 Å². The van der Waals surface area contributed by atoms with Crippen LogP contribution in [0.15, 0.2) is 0 Å². The Morgan fingerprint density at radius 1 is 1.06 bits per heavy atom. The van der Waals surface area contributed by atoms with Gasteiger partial charge in [0.05, 0.1) is 6.61 Å². The maximum atomic E-state index is 12.0. The lowest BCUT2D eigenvalue weighted by atomic mass is 10.3. The largest absolute Gasteiger partial charge is 0.448 e. The minimum Gasteiger partial charge on any atom is -0.448 e. The number of rotatable bonds is 7. The molecule has 0 aromatic rings. The van der Waals surface area contributed by atoms with Gasteiger partial charge in [-0.3, -0.25) is 4.79 Å².